The van der Waals surface area contributed by atoms with Gasteiger partial charge in [-0.15, -0.1) is 0 Å². The Balaban J connectivity index is 1.79. The van der Waals surface area contributed by atoms with Gasteiger partial charge in [0.1, 0.15) is 5.75 Å². The molecule has 1 aromatic heterocycles. The van der Waals surface area contributed by atoms with Crippen LogP contribution in [0.1, 0.15) is 27.4 Å². The van der Waals surface area contributed by atoms with Crippen LogP contribution in [0.25, 0.3) is 0 Å². The van der Waals surface area contributed by atoms with Crippen LogP contribution >= 0.6 is 0 Å². The number of benzene rings is 1. The number of hydrogen-bond acceptors (Lipinski definition) is 5. The molecule has 0 spiro atoms. The highest BCUT2D eigenvalue weighted by Crippen LogP contribution is 2.15. The fourth-order valence-electron chi connectivity index (χ4n) is 1.86. The third-order valence-corrected chi connectivity index (χ3v) is 2.73. The van der Waals surface area contributed by atoms with E-state index in [1.54, 1.807) is 6.92 Å². The number of amides is 2. The first-order valence-corrected chi connectivity index (χ1v) is 6.67. The maximum absolute atomic E-state index is 11.6. The highest BCUT2D eigenvalue weighted by molar-refractivity contribution is 5.93. The summed E-state index contributed by atoms with van der Waals surface area (Å²) >= 11 is 0. The minimum atomic E-state index is -0.583. The molecule has 0 aliphatic heterocycles. The van der Waals surface area contributed by atoms with Gasteiger partial charge in [-0.05, 0) is 44.0 Å². The molecule has 116 valence electrons. The summed E-state index contributed by atoms with van der Waals surface area (Å²) in [5.41, 5.74) is 7.13. The number of aromatic nitrogens is 1. The molecule has 0 unspecified atom stereocenters. The zero-order valence-electron chi connectivity index (χ0n) is 12.6. The number of rotatable bonds is 4. The maximum atomic E-state index is 11.6. The van der Waals surface area contributed by atoms with Crippen molar-refractivity contribution in [3.8, 4) is 5.75 Å². The Morgan fingerprint density at radius 1 is 1.09 bits per heavy atom. The number of nitrogens with one attached hydrogen (secondary N) is 2. The maximum Gasteiger partial charge on any atom is 0.308 e. The van der Waals surface area contributed by atoms with E-state index in [9.17, 15) is 9.59 Å². The molecule has 2 rings (SSSR count). The van der Waals surface area contributed by atoms with Gasteiger partial charge in [-0.2, -0.15) is 0 Å². The molecule has 0 saturated heterocycles. The number of ether oxygens (including phenoxy) is 1. The highest BCUT2D eigenvalue weighted by atomic mass is 16.5. The van der Waals surface area contributed by atoms with E-state index in [2.05, 4.69) is 16.0 Å². The lowest BCUT2D eigenvalue weighted by Gasteiger charge is -2.09. The topological polar surface area (TPSA) is 93.5 Å². The van der Waals surface area contributed by atoms with E-state index in [1.807, 2.05) is 32.0 Å². The summed E-state index contributed by atoms with van der Waals surface area (Å²) in [6.07, 6.45) is 0. The zero-order valence-corrected chi connectivity index (χ0v) is 12.6. The monoisotopic (exact) mass is 303 g/mol. The summed E-state index contributed by atoms with van der Waals surface area (Å²) in [4.78, 5) is 23.3. The van der Waals surface area contributed by atoms with Crippen LogP contribution in [0.3, 0.4) is 0 Å². The number of hydrogen-bond donors (Lipinski definition) is 2. The fourth-order valence-corrected chi connectivity index (χ4v) is 1.86. The molecular formula is C15H17N3O4. The highest BCUT2D eigenvalue weighted by Gasteiger charge is 2.12. The van der Waals surface area contributed by atoms with Gasteiger partial charge in [0.05, 0.1) is 5.69 Å². The number of aryl methyl sites for hydroxylation is 3. The minimum absolute atomic E-state index is 0.0213. The van der Waals surface area contributed by atoms with E-state index in [-0.39, 0.29) is 12.4 Å². The van der Waals surface area contributed by atoms with Crippen LogP contribution in [0.5, 0.6) is 5.75 Å². The molecule has 1 heterocycles. The molecule has 2 amide bonds. The van der Waals surface area contributed by atoms with Crippen LogP contribution in [-0.4, -0.2) is 23.6 Å². The van der Waals surface area contributed by atoms with Crippen molar-refractivity contribution < 1.29 is 18.8 Å². The van der Waals surface area contributed by atoms with E-state index in [1.165, 1.54) is 6.07 Å². The largest absolute Gasteiger partial charge is 0.484 e. The van der Waals surface area contributed by atoms with Crippen molar-refractivity contribution in [2.75, 3.05) is 6.61 Å². The van der Waals surface area contributed by atoms with Crippen molar-refractivity contribution in [3.63, 3.8) is 0 Å². The molecule has 0 radical (unpaired) electrons. The predicted octanol–water partition coefficient (Wildman–Crippen LogP) is 1.44. The molecule has 7 nitrogen and oxygen atoms in total. The lowest BCUT2D eigenvalue weighted by atomic mass is 10.1. The van der Waals surface area contributed by atoms with E-state index in [4.69, 9.17) is 9.26 Å². The SMILES string of the molecule is Cc1cc(C)cc(OCC(=O)NNC(=O)c2cc(C)no2)c1. The molecular weight excluding hydrogens is 286 g/mol. The van der Waals surface area contributed by atoms with Crippen LogP contribution in [0, 0.1) is 20.8 Å². The molecule has 1 aromatic carbocycles. The molecule has 2 aromatic rings. The lowest BCUT2D eigenvalue weighted by molar-refractivity contribution is -0.123. The summed E-state index contributed by atoms with van der Waals surface area (Å²) in [6.45, 7) is 5.37. The first kappa shape index (κ1) is 15.6. The van der Waals surface area contributed by atoms with Gasteiger partial charge in [0, 0.05) is 6.07 Å². The standard InChI is InChI=1S/C15H17N3O4/c1-9-4-10(2)6-12(5-9)21-8-14(19)16-17-15(20)13-7-11(3)18-22-13/h4-7H,8H2,1-3H3,(H,16,19)(H,17,20). The summed E-state index contributed by atoms with van der Waals surface area (Å²) in [7, 11) is 0. The third-order valence-electron chi connectivity index (χ3n) is 2.73. The van der Waals surface area contributed by atoms with Gasteiger partial charge in [0.25, 0.3) is 5.91 Å². The van der Waals surface area contributed by atoms with E-state index in [0.29, 0.717) is 11.4 Å². The Morgan fingerprint density at radius 3 is 2.36 bits per heavy atom. The van der Waals surface area contributed by atoms with Crippen LogP contribution < -0.4 is 15.6 Å². The van der Waals surface area contributed by atoms with Crippen LogP contribution in [0.15, 0.2) is 28.8 Å². The van der Waals surface area contributed by atoms with Gasteiger partial charge >= 0.3 is 5.91 Å². The second kappa shape index (κ2) is 6.75. The van der Waals surface area contributed by atoms with Crippen molar-refractivity contribution in [1.29, 1.82) is 0 Å². The first-order valence-electron chi connectivity index (χ1n) is 6.67. The Morgan fingerprint density at radius 2 is 1.77 bits per heavy atom. The molecule has 0 saturated carbocycles. The molecule has 0 aliphatic rings. The summed E-state index contributed by atoms with van der Waals surface area (Å²) in [6, 6.07) is 7.13. The summed E-state index contributed by atoms with van der Waals surface area (Å²) in [5.74, 6) is -0.443. The Kier molecular flexibility index (Phi) is 4.77. The van der Waals surface area contributed by atoms with E-state index in [0.717, 1.165) is 11.1 Å². The van der Waals surface area contributed by atoms with Gasteiger partial charge in [0.15, 0.2) is 6.61 Å². The second-order valence-electron chi connectivity index (χ2n) is 4.95. The normalized spacial score (nSPS) is 10.1. The van der Waals surface area contributed by atoms with Crippen molar-refractivity contribution in [3.05, 3.63) is 46.8 Å². The third kappa shape index (κ3) is 4.34. The van der Waals surface area contributed by atoms with Gasteiger partial charge in [-0.25, -0.2) is 0 Å². The van der Waals surface area contributed by atoms with Crippen LogP contribution in [-0.2, 0) is 4.79 Å². The Labute approximate surface area is 127 Å². The van der Waals surface area contributed by atoms with Crippen molar-refractivity contribution in [1.82, 2.24) is 16.0 Å². The summed E-state index contributed by atoms with van der Waals surface area (Å²) in [5, 5.41) is 3.58. The molecule has 22 heavy (non-hydrogen) atoms. The van der Waals surface area contributed by atoms with Crippen molar-refractivity contribution in [2.24, 2.45) is 0 Å². The number of nitrogens with zero attached hydrogens (tertiary/aromatic N) is 1. The Hall–Kier alpha value is -2.83. The zero-order chi connectivity index (χ0) is 16.1. The molecule has 7 heteroatoms. The smallest absolute Gasteiger partial charge is 0.308 e. The number of carbonyl (C=O) groups excluding carboxylic acids is 2. The van der Waals surface area contributed by atoms with Gasteiger partial charge in [0.2, 0.25) is 5.76 Å². The number of hydrazine groups is 1. The van der Waals surface area contributed by atoms with Gasteiger partial charge < -0.3 is 9.26 Å². The quantitative estimate of drug-likeness (QED) is 0.834. The molecule has 0 aliphatic carbocycles. The Bertz CT molecular complexity index is 674. The second-order valence-corrected chi connectivity index (χ2v) is 4.95. The van der Waals surface area contributed by atoms with Crippen molar-refractivity contribution >= 4 is 11.8 Å². The molecule has 2 N–H and O–H groups in total. The van der Waals surface area contributed by atoms with Gasteiger partial charge in [-0.1, -0.05) is 11.2 Å². The molecule has 0 atom stereocenters. The summed E-state index contributed by atoms with van der Waals surface area (Å²) < 4.78 is 10.1. The van der Waals surface area contributed by atoms with Crippen LogP contribution in [0.4, 0.5) is 0 Å². The average molecular weight is 303 g/mol. The molecule has 0 bridgehead atoms. The average Bonchev–Trinajstić information content (AvgIpc) is 2.88. The minimum Gasteiger partial charge on any atom is -0.484 e. The van der Waals surface area contributed by atoms with Crippen molar-refractivity contribution in [2.45, 2.75) is 20.8 Å². The lowest BCUT2D eigenvalue weighted by Crippen LogP contribution is -2.43. The van der Waals surface area contributed by atoms with E-state index < -0.39 is 11.8 Å². The first-order chi connectivity index (χ1) is 10.4. The predicted molar refractivity (Wildman–Crippen MR) is 78.3 cm³/mol. The van der Waals surface area contributed by atoms with E-state index >= 15 is 0 Å². The fraction of sp³-hybridized carbons (Fsp3) is 0.267. The molecule has 0 fully saturated rings. The van der Waals surface area contributed by atoms with Crippen LogP contribution in [0.2, 0.25) is 0 Å². The number of carbonyl (C=O) groups is 2. The van der Waals surface area contributed by atoms with Gasteiger partial charge in [-0.3, -0.25) is 20.4 Å².